The van der Waals surface area contributed by atoms with Gasteiger partial charge in [-0.2, -0.15) is 5.10 Å². The van der Waals surface area contributed by atoms with E-state index in [4.69, 9.17) is 0 Å². The molecule has 0 amide bonds. The first-order valence-electron chi connectivity index (χ1n) is 4.16. The van der Waals surface area contributed by atoms with Crippen molar-refractivity contribution in [2.45, 2.75) is 13.3 Å². The van der Waals surface area contributed by atoms with Gasteiger partial charge in [0.15, 0.2) is 0 Å². The molecular formula is C10H14N2. The number of anilines is 1. The Hall–Kier alpha value is -1.31. The van der Waals surface area contributed by atoms with Crippen LogP contribution in [0.25, 0.3) is 0 Å². The fraction of sp³-hybridized carbons (Fsp3) is 0.300. The summed E-state index contributed by atoms with van der Waals surface area (Å²) in [5.41, 5.74) is 1.11. The lowest BCUT2D eigenvalue weighted by atomic mass is 10.3. The molecule has 0 unspecified atom stereocenters. The van der Waals surface area contributed by atoms with Crippen molar-refractivity contribution in [3.63, 3.8) is 0 Å². The minimum atomic E-state index is 0.969. The molecule has 0 aliphatic rings. The molecule has 0 N–H and O–H groups in total. The maximum Gasteiger partial charge on any atom is 0.0590 e. The number of para-hydroxylation sites is 1. The summed E-state index contributed by atoms with van der Waals surface area (Å²) in [6.45, 7) is 2.07. The second kappa shape index (κ2) is 4.54. The summed E-state index contributed by atoms with van der Waals surface area (Å²) in [4.78, 5) is 0. The molecule has 0 radical (unpaired) electrons. The van der Waals surface area contributed by atoms with Gasteiger partial charge in [-0.15, -0.1) is 0 Å². The van der Waals surface area contributed by atoms with Crippen LogP contribution >= 0.6 is 0 Å². The number of hydrogen-bond acceptors (Lipinski definition) is 2. The third-order valence-corrected chi connectivity index (χ3v) is 1.57. The molecule has 12 heavy (non-hydrogen) atoms. The smallest absolute Gasteiger partial charge is 0.0590 e. The lowest BCUT2D eigenvalue weighted by molar-refractivity contribution is 1.01. The van der Waals surface area contributed by atoms with Crippen molar-refractivity contribution in [1.82, 2.24) is 0 Å². The lowest BCUT2D eigenvalue weighted by Gasteiger charge is -2.11. The van der Waals surface area contributed by atoms with Gasteiger partial charge >= 0.3 is 0 Å². The molecule has 2 heteroatoms. The number of rotatable bonds is 3. The molecule has 0 atom stereocenters. The van der Waals surface area contributed by atoms with Crippen molar-refractivity contribution in [2.75, 3.05) is 12.1 Å². The predicted octanol–water partition coefficient (Wildman–Crippen LogP) is 2.52. The number of benzene rings is 1. The van der Waals surface area contributed by atoms with Crippen LogP contribution in [0, 0.1) is 0 Å². The van der Waals surface area contributed by atoms with Crippen LogP contribution in [0.5, 0.6) is 0 Å². The van der Waals surface area contributed by atoms with E-state index in [1.807, 2.05) is 48.6 Å². The van der Waals surface area contributed by atoms with Crippen LogP contribution in [0.4, 0.5) is 5.69 Å². The van der Waals surface area contributed by atoms with Gasteiger partial charge in [0.1, 0.15) is 0 Å². The van der Waals surface area contributed by atoms with E-state index < -0.39 is 0 Å². The first kappa shape index (κ1) is 8.78. The molecule has 1 rings (SSSR count). The Balaban J connectivity index is 2.65. The Morgan fingerprint density at radius 1 is 1.33 bits per heavy atom. The highest BCUT2D eigenvalue weighted by Gasteiger charge is 1.93. The third-order valence-electron chi connectivity index (χ3n) is 1.57. The summed E-state index contributed by atoms with van der Waals surface area (Å²) < 4.78 is 0. The number of nitrogens with zero attached hydrogens (tertiary/aromatic N) is 2. The highest BCUT2D eigenvalue weighted by molar-refractivity contribution is 5.59. The van der Waals surface area contributed by atoms with Crippen LogP contribution in [-0.2, 0) is 0 Å². The van der Waals surface area contributed by atoms with Crippen LogP contribution < -0.4 is 5.01 Å². The van der Waals surface area contributed by atoms with E-state index in [9.17, 15) is 0 Å². The molecule has 2 nitrogen and oxygen atoms in total. The zero-order chi connectivity index (χ0) is 8.81. The van der Waals surface area contributed by atoms with Crippen LogP contribution in [-0.4, -0.2) is 13.3 Å². The fourth-order valence-corrected chi connectivity index (χ4v) is 0.915. The second-order valence-corrected chi connectivity index (χ2v) is 2.57. The SMILES string of the molecule is CC/C=N/N(C)c1ccccc1. The van der Waals surface area contributed by atoms with Gasteiger partial charge < -0.3 is 0 Å². The predicted molar refractivity (Wildman–Crippen MR) is 53.6 cm³/mol. The van der Waals surface area contributed by atoms with Gasteiger partial charge in [-0.25, -0.2) is 0 Å². The Kier molecular flexibility index (Phi) is 3.33. The summed E-state index contributed by atoms with van der Waals surface area (Å²) in [6.07, 6.45) is 2.87. The molecule has 1 aromatic rings. The molecule has 0 aliphatic carbocycles. The standard InChI is InChI=1S/C10H14N2/c1-3-9-11-12(2)10-7-5-4-6-8-10/h4-9H,3H2,1-2H3/b11-9+. The molecule has 0 heterocycles. The van der Waals surface area contributed by atoms with Crippen molar-refractivity contribution in [2.24, 2.45) is 5.10 Å². The van der Waals surface area contributed by atoms with Gasteiger partial charge in [0.25, 0.3) is 0 Å². The summed E-state index contributed by atoms with van der Waals surface area (Å²) >= 11 is 0. The first-order chi connectivity index (χ1) is 5.84. The molecule has 64 valence electrons. The highest BCUT2D eigenvalue weighted by atomic mass is 15.4. The summed E-state index contributed by atoms with van der Waals surface area (Å²) in [5, 5.41) is 6.09. The molecule has 0 saturated carbocycles. The van der Waals surface area contributed by atoms with E-state index in [2.05, 4.69) is 12.0 Å². The zero-order valence-electron chi connectivity index (χ0n) is 7.57. The second-order valence-electron chi connectivity index (χ2n) is 2.57. The minimum Gasteiger partial charge on any atom is -0.269 e. The van der Waals surface area contributed by atoms with Gasteiger partial charge in [-0.1, -0.05) is 25.1 Å². The largest absolute Gasteiger partial charge is 0.269 e. The van der Waals surface area contributed by atoms with Crippen LogP contribution in [0.3, 0.4) is 0 Å². The van der Waals surface area contributed by atoms with Gasteiger partial charge in [0.05, 0.1) is 5.69 Å². The molecule has 0 bridgehead atoms. The average molecular weight is 162 g/mol. The van der Waals surface area contributed by atoms with E-state index in [1.165, 1.54) is 0 Å². The van der Waals surface area contributed by atoms with Crippen molar-refractivity contribution < 1.29 is 0 Å². The number of hydrogen-bond donors (Lipinski definition) is 0. The van der Waals surface area contributed by atoms with Gasteiger partial charge in [0, 0.05) is 13.3 Å². The topological polar surface area (TPSA) is 15.6 Å². The van der Waals surface area contributed by atoms with Crippen molar-refractivity contribution in [3.05, 3.63) is 30.3 Å². The first-order valence-corrected chi connectivity index (χ1v) is 4.16. The molecule has 1 aromatic carbocycles. The minimum absolute atomic E-state index is 0.969. The van der Waals surface area contributed by atoms with Crippen LogP contribution in [0.2, 0.25) is 0 Å². The van der Waals surface area contributed by atoms with Gasteiger partial charge in [0.2, 0.25) is 0 Å². The maximum absolute atomic E-state index is 4.22. The molecule has 0 spiro atoms. The summed E-state index contributed by atoms with van der Waals surface area (Å²) in [7, 11) is 1.95. The molecule has 0 aromatic heterocycles. The summed E-state index contributed by atoms with van der Waals surface area (Å²) in [5.74, 6) is 0. The quantitative estimate of drug-likeness (QED) is 0.492. The summed E-state index contributed by atoms with van der Waals surface area (Å²) in [6, 6.07) is 10.1. The normalized spacial score (nSPS) is 10.5. The van der Waals surface area contributed by atoms with Gasteiger partial charge in [-0.3, -0.25) is 5.01 Å². The molecule has 0 fully saturated rings. The van der Waals surface area contributed by atoms with Crippen LogP contribution in [0.15, 0.2) is 35.4 Å². The van der Waals surface area contributed by atoms with E-state index in [0.717, 1.165) is 12.1 Å². The lowest BCUT2D eigenvalue weighted by Crippen LogP contribution is -2.07. The fourth-order valence-electron chi connectivity index (χ4n) is 0.915. The van der Waals surface area contributed by atoms with Crippen LogP contribution in [0.1, 0.15) is 13.3 Å². The van der Waals surface area contributed by atoms with Crippen molar-refractivity contribution in [1.29, 1.82) is 0 Å². The maximum atomic E-state index is 4.22. The van der Waals surface area contributed by atoms with E-state index in [1.54, 1.807) is 0 Å². The molecular weight excluding hydrogens is 148 g/mol. The van der Waals surface area contributed by atoms with Crippen molar-refractivity contribution >= 4 is 11.9 Å². The third kappa shape index (κ3) is 2.38. The Morgan fingerprint density at radius 3 is 2.58 bits per heavy atom. The van der Waals surface area contributed by atoms with Gasteiger partial charge in [-0.05, 0) is 18.6 Å². The van der Waals surface area contributed by atoms with E-state index >= 15 is 0 Å². The van der Waals surface area contributed by atoms with Crippen molar-refractivity contribution in [3.8, 4) is 0 Å². The highest BCUT2D eigenvalue weighted by Crippen LogP contribution is 2.10. The average Bonchev–Trinajstić information content (AvgIpc) is 2.15. The molecule has 0 aliphatic heterocycles. The van der Waals surface area contributed by atoms with E-state index in [0.29, 0.717) is 0 Å². The Morgan fingerprint density at radius 2 is 2.00 bits per heavy atom. The Bertz CT molecular complexity index is 241. The monoisotopic (exact) mass is 162 g/mol. The number of hydrazone groups is 1. The zero-order valence-corrected chi connectivity index (χ0v) is 7.57. The molecule has 0 saturated heterocycles. The Labute approximate surface area is 73.5 Å². The van der Waals surface area contributed by atoms with E-state index in [-0.39, 0.29) is 0 Å².